The summed E-state index contributed by atoms with van der Waals surface area (Å²) >= 11 is 1.84. The van der Waals surface area contributed by atoms with Crippen molar-refractivity contribution < 1.29 is 4.43 Å². The van der Waals surface area contributed by atoms with E-state index >= 15 is 0 Å². The molecular formula is C26H30OSSi. The highest BCUT2D eigenvalue weighted by Gasteiger charge is 2.51. The van der Waals surface area contributed by atoms with Crippen molar-refractivity contribution in [2.45, 2.75) is 51.2 Å². The Morgan fingerprint density at radius 2 is 1.48 bits per heavy atom. The summed E-state index contributed by atoms with van der Waals surface area (Å²) in [6.45, 7) is 7.07. The molecule has 2 aromatic carbocycles. The molecule has 3 aromatic rings. The summed E-state index contributed by atoms with van der Waals surface area (Å²) in [5.41, 5.74) is 1.49. The molecule has 0 radical (unpaired) electrons. The second-order valence-electron chi connectivity index (χ2n) is 8.88. The van der Waals surface area contributed by atoms with Crippen molar-refractivity contribution in [3.05, 3.63) is 89.1 Å². The molecule has 1 atom stereocenters. The van der Waals surface area contributed by atoms with Crippen molar-refractivity contribution in [2.24, 2.45) is 0 Å². The zero-order valence-electron chi connectivity index (χ0n) is 17.6. The Hall–Kier alpha value is -1.94. The Balaban J connectivity index is 1.72. The van der Waals surface area contributed by atoms with Gasteiger partial charge in [-0.2, -0.15) is 0 Å². The molecule has 0 saturated heterocycles. The lowest BCUT2D eigenvalue weighted by Crippen LogP contribution is -2.67. The van der Waals surface area contributed by atoms with Gasteiger partial charge in [-0.05, 0) is 51.7 Å². The van der Waals surface area contributed by atoms with E-state index in [1.807, 2.05) is 11.3 Å². The topological polar surface area (TPSA) is 9.23 Å². The molecule has 3 heteroatoms. The van der Waals surface area contributed by atoms with Crippen LogP contribution in [0.1, 0.15) is 44.9 Å². The van der Waals surface area contributed by atoms with E-state index in [1.165, 1.54) is 20.8 Å². The molecule has 0 saturated carbocycles. The highest BCUT2D eigenvalue weighted by atomic mass is 32.1. The fourth-order valence-corrected chi connectivity index (χ4v) is 10.1. The molecule has 1 nitrogen and oxygen atoms in total. The minimum atomic E-state index is -2.45. The van der Waals surface area contributed by atoms with Crippen molar-refractivity contribution >= 4 is 35.6 Å². The van der Waals surface area contributed by atoms with E-state index in [1.54, 1.807) is 0 Å². The minimum Gasteiger partial charge on any atom is -0.404 e. The number of hydrogen-bond donors (Lipinski definition) is 0. The first-order valence-electron chi connectivity index (χ1n) is 10.5. The van der Waals surface area contributed by atoms with Crippen LogP contribution in [0.2, 0.25) is 5.04 Å². The van der Waals surface area contributed by atoms with Crippen molar-refractivity contribution in [1.29, 1.82) is 0 Å². The molecule has 0 spiro atoms. The second-order valence-corrected chi connectivity index (χ2v) is 14.1. The lowest BCUT2D eigenvalue weighted by atomic mass is 9.96. The third kappa shape index (κ3) is 4.05. The van der Waals surface area contributed by atoms with Crippen LogP contribution in [0.3, 0.4) is 0 Å². The number of rotatable bonds is 5. The van der Waals surface area contributed by atoms with Crippen LogP contribution in [0.5, 0.6) is 0 Å². The minimum absolute atomic E-state index is 0.0352. The molecule has 1 aliphatic rings. The largest absolute Gasteiger partial charge is 0.404 e. The summed E-state index contributed by atoms with van der Waals surface area (Å²) in [4.78, 5) is 1.41. The van der Waals surface area contributed by atoms with E-state index in [4.69, 9.17) is 4.43 Å². The SMILES string of the molecule is CC(C)(C)[Si](OC1CC=C(c2cccs2)CC1)(c1ccccc1)c1ccccc1. The third-order valence-corrected chi connectivity index (χ3v) is 12.0. The first kappa shape index (κ1) is 20.3. The summed E-state index contributed by atoms with van der Waals surface area (Å²) in [7, 11) is -2.45. The van der Waals surface area contributed by atoms with Crippen LogP contribution in [0.25, 0.3) is 5.57 Å². The van der Waals surface area contributed by atoms with Crippen molar-refractivity contribution in [3.8, 4) is 0 Å². The van der Waals surface area contributed by atoms with Crippen LogP contribution in [0, 0.1) is 0 Å². The van der Waals surface area contributed by atoms with Crippen LogP contribution >= 0.6 is 11.3 Å². The van der Waals surface area contributed by atoms with E-state index in [9.17, 15) is 0 Å². The second kappa shape index (κ2) is 8.43. The van der Waals surface area contributed by atoms with Gasteiger partial charge in [0.1, 0.15) is 0 Å². The molecule has 0 fully saturated rings. The Labute approximate surface area is 180 Å². The molecule has 0 aliphatic heterocycles. The van der Waals surface area contributed by atoms with Gasteiger partial charge >= 0.3 is 0 Å². The Morgan fingerprint density at radius 1 is 0.862 bits per heavy atom. The highest BCUT2D eigenvalue weighted by molar-refractivity contribution is 7.11. The van der Waals surface area contributed by atoms with E-state index in [-0.39, 0.29) is 11.1 Å². The molecular weight excluding hydrogens is 388 g/mol. The van der Waals surface area contributed by atoms with Gasteiger partial charge in [0, 0.05) is 11.0 Å². The maximum Gasteiger partial charge on any atom is 0.261 e. The number of benzene rings is 2. The molecule has 0 bridgehead atoms. The average molecular weight is 419 g/mol. The Morgan fingerprint density at radius 3 is 1.93 bits per heavy atom. The molecule has 1 aromatic heterocycles. The summed E-state index contributed by atoms with van der Waals surface area (Å²) in [5.74, 6) is 0. The predicted molar refractivity (Wildman–Crippen MR) is 129 cm³/mol. The van der Waals surface area contributed by atoms with E-state index in [0.717, 1.165) is 19.3 Å². The maximum atomic E-state index is 7.28. The van der Waals surface area contributed by atoms with Crippen LogP contribution in [0.4, 0.5) is 0 Å². The normalized spacial score (nSPS) is 17.8. The van der Waals surface area contributed by atoms with Crippen LogP contribution in [-0.4, -0.2) is 14.4 Å². The van der Waals surface area contributed by atoms with Gasteiger partial charge in [0.25, 0.3) is 8.32 Å². The molecule has 150 valence electrons. The predicted octanol–water partition coefficient (Wildman–Crippen LogP) is 6.26. The fraction of sp³-hybridized carbons (Fsp3) is 0.308. The molecule has 0 amide bonds. The van der Waals surface area contributed by atoms with Gasteiger partial charge in [0.15, 0.2) is 0 Å². The number of hydrogen-bond acceptors (Lipinski definition) is 2. The average Bonchev–Trinajstić information content (AvgIpc) is 3.28. The zero-order valence-corrected chi connectivity index (χ0v) is 19.4. The highest BCUT2D eigenvalue weighted by Crippen LogP contribution is 2.40. The van der Waals surface area contributed by atoms with E-state index in [0.29, 0.717) is 0 Å². The number of thiophene rings is 1. The lowest BCUT2D eigenvalue weighted by molar-refractivity contribution is 0.178. The summed E-state index contributed by atoms with van der Waals surface area (Å²) < 4.78 is 7.28. The monoisotopic (exact) mass is 418 g/mol. The Bertz CT molecular complexity index is 900. The van der Waals surface area contributed by atoms with Gasteiger partial charge in [0.2, 0.25) is 0 Å². The quantitative estimate of drug-likeness (QED) is 0.444. The first-order valence-corrected chi connectivity index (χ1v) is 13.3. The molecule has 4 rings (SSSR count). The van der Waals surface area contributed by atoms with Crippen LogP contribution in [-0.2, 0) is 4.43 Å². The number of allylic oxidation sites excluding steroid dienone is 1. The molecule has 1 unspecified atom stereocenters. The van der Waals surface area contributed by atoms with Crippen LogP contribution < -0.4 is 10.4 Å². The molecule has 1 aliphatic carbocycles. The summed E-state index contributed by atoms with van der Waals surface area (Å²) in [6, 6.07) is 26.3. The fourth-order valence-electron chi connectivity index (χ4n) is 4.54. The Kier molecular flexibility index (Phi) is 5.91. The van der Waals surface area contributed by atoms with Crippen molar-refractivity contribution in [3.63, 3.8) is 0 Å². The van der Waals surface area contributed by atoms with E-state index < -0.39 is 8.32 Å². The maximum absolute atomic E-state index is 7.28. The summed E-state index contributed by atoms with van der Waals surface area (Å²) in [6.07, 6.45) is 5.87. The van der Waals surface area contributed by atoms with Crippen molar-refractivity contribution in [2.75, 3.05) is 0 Å². The van der Waals surface area contributed by atoms with Crippen LogP contribution in [0.15, 0.2) is 84.3 Å². The lowest BCUT2D eigenvalue weighted by Gasteiger charge is -2.45. The van der Waals surface area contributed by atoms with Gasteiger partial charge in [-0.1, -0.05) is 93.6 Å². The van der Waals surface area contributed by atoms with Gasteiger partial charge in [-0.25, -0.2) is 0 Å². The summed E-state index contributed by atoms with van der Waals surface area (Å²) in [5, 5.41) is 4.94. The van der Waals surface area contributed by atoms with Gasteiger partial charge < -0.3 is 4.43 Å². The van der Waals surface area contributed by atoms with Crippen molar-refractivity contribution in [1.82, 2.24) is 0 Å². The smallest absolute Gasteiger partial charge is 0.261 e. The van der Waals surface area contributed by atoms with Gasteiger partial charge in [-0.3, -0.25) is 0 Å². The third-order valence-electron chi connectivity index (χ3n) is 5.96. The van der Waals surface area contributed by atoms with Gasteiger partial charge in [-0.15, -0.1) is 11.3 Å². The standard InChI is InChI=1S/C26H30OSSi/c1-26(2,3)29(23-11-6-4-7-12-23,24-13-8-5-9-14-24)27-22-18-16-21(17-19-22)25-15-10-20-28-25/h4-16,20,22H,17-19H2,1-3H3. The molecule has 1 heterocycles. The molecule has 29 heavy (non-hydrogen) atoms. The zero-order chi connectivity index (χ0) is 20.3. The first-order chi connectivity index (χ1) is 14.0. The van der Waals surface area contributed by atoms with E-state index in [2.05, 4.69) is 105 Å². The van der Waals surface area contributed by atoms with Gasteiger partial charge in [0.05, 0.1) is 0 Å². The molecule has 0 N–H and O–H groups in total.